The van der Waals surface area contributed by atoms with Crippen LogP contribution in [0.3, 0.4) is 0 Å². The number of hydrogen-bond donors (Lipinski definition) is 0. The zero-order valence-corrected chi connectivity index (χ0v) is 13.1. The maximum atomic E-state index is 12.6. The second-order valence-electron chi connectivity index (χ2n) is 4.41. The molecule has 2 nitrogen and oxygen atoms in total. The van der Waals surface area contributed by atoms with Crippen molar-refractivity contribution in [3.05, 3.63) is 69.2 Å². The van der Waals surface area contributed by atoms with Gasteiger partial charge in [-0.25, -0.2) is 0 Å². The lowest BCUT2D eigenvalue weighted by Gasteiger charge is -2.10. The molecule has 0 aromatic heterocycles. The Morgan fingerprint density at radius 3 is 2.52 bits per heavy atom. The Morgan fingerprint density at radius 2 is 1.86 bits per heavy atom. The number of alkyl halides is 1. The molecule has 2 aromatic carbocycles. The Morgan fingerprint density at radius 1 is 1.14 bits per heavy atom. The molecule has 2 rings (SSSR count). The predicted molar refractivity (Wildman–Crippen MR) is 85.3 cm³/mol. The highest BCUT2D eigenvalue weighted by Gasteiger charge is 2.18. The number of nitrogens with zero attached hydrogens (tertiary/aromatic N) is 1. The lowest BCUT2D eigenvalue weighted by atomic mass is 9.96. The highest BCUT2D eigenvalue weighted by Crippen LogP contribution is 2.25. The number of ketones is 1. The molecule has 0 radical (unpaired) electrons. The predicted octanol–water partition coefficient (Wildman–Crippen LogP) is 4.90. The Kier molecular flexibility index (Phi) is 5.25. The van der Waals surface area contributed by atoms with E-state index in [1.54, 1.807) is 42.5 Å². The minimum Gasteiger partial charge on any atom is -0.289 e. The molecule has 0 aliphatic heterocycles. The molecule has 0 amide bonds. The van der Waals surface area contributed by atoms with Gasteiger partial charge in [0.05, 0.1) is 11.1 Å². The minimum atomic E-state index is -0.705. The SMILES string of the molecule is N#CC(Cl)Cc1ccc(Cl)cc1C(=O)c1ccccc1Cl. The first kappa shape index (κ1) is 15.9. The first-order valence-corrected chi connectivity index (χ1v) is 7.33. The van der Waals surface area contributed by atoms with Crippen LogP contribution in [0.15, 0.2) is 42.5 Å². The van der Waals surface area contributed by atoms with Crippen molar-refractivity contribution < 1.29 is 4.79 Å². The van der Waals surface area contributed by atoms with Crippen molar-refractivity contribution in [2.45, 2.75) is 11.8 Å². The van der Waals surface area contributed by atoms with E-state index in [0.29, 0.717) is 26.7 Å². The standard InChI is InChI=1S/C16H10Cl3NO/c17-11-6-5-10(7-12(18)9-20)14(8-11)16(21)13-3-1-2-4-15(13)19/h1-6,8,12H,7H2. The Bertz CT molecular complexity index is 722. The summed E-state index contributed by atoms with van der Waals surface area (Å²) in [5, 5.41) is 8.94. The molecule has 0 N–H and O–H groups in total. The van der Waals surface area contributed by atoms with Crippen molar-refractivity contribution in [2.75, 3.05) is 0 Å². The number of rotatable bonds is 4. The van der Waals surface area contributed by atoms with E-state index in [9.17, 15) is 4.79 Å². The number of nitriles is 1. The van der Waals surface area contributed by atoms with Gasteiger partial charge >= 0.3 is 0 Å². The minimum absolute atomic E-state index is 0.236. The van der Waals surface area contributed by atoms with E-state index in [1.165, 1.54) is 0 Å². The lowest BCUT2D eigenvalue weighted by Crippen LogP contribution is -2.09. The molecule has 0 heterocycles. The van der Waals surface area contributed by atoms with E-state index in [1.807, 2.05) is 6.07 Å². The molecule has 106 valence electrons. The molecule has 5 heteroatoms. The van der Waals surface area contributed by atoms with Gasteiger partial charge in [-0.1, -0.05) is 41.4 Å². The topological polar surface area (TPSA) is 40.9 Å². The van der Waals surface area contributed by atoms with Crippen LogP contribution in [0.25, 0.3) is 0 Å². The lowest BCUT2D eigenvalue weighted by molar-refractivity contribution is 0.103. The van der Waals surface area contributed by atoms with Gasteiger partial charge < -0.3 is 0 Å². The summed E-state index contributed by atoms with van der Waals surface area (Å²) in [6.07, 6.45) is 0.265. The molecule has 0 saturated heterocycles. The monoisotopic (exact) mass is 337 g/mol. The molecule has 1 atom stereocenters. The normalized spacial score (nSPS) is 11.7. The number of halogens is 3. The maximum Gasteiger partial charge on any atom is 0.194 e. The molecule has 0 aliphatic carbocycles. The fraction of sp³-hybridized carbons (Fsp3) is 0.125. The third-order valence-corrected chi connectivity index (χ3v) is 3.79. The van der Waals surface area contributed by atoms with Crippen molar-refractivity contribution in [3.63, 3.8) is 0 Å². The van der Waals surface area contributed by atoms with Crippen LogP contribution in [0, 0.1) is 11.3 Å². The highest BCUT2D eigenvalue weighted by molar-refractivity contribution is 6.35. The average molecular weight is 339 g/mol. The first-order valence-electron chi connectivity index (χ1n) is 6.14. The van der Waals surface area contributed by atoms with Crippen LogP contribution in [0.1, 0.15) is 21.5 Å². The smallest absolute Gasteiger partial charge is 0.194 e. The zero-order valence-electron chi connectivity index (χ0n) is 10.8. The van der Waals surface area contributed by atoms with Gasteiger partial charge in [-0.3, -0.25) is 4.79 Å². The number of hydrogen-bond acceptors (Lipinski definition) is 2. The van der Waals surface area contributed by atoms with Gasteiger partial charge in [-0.05, 0) is 29.8 Å². The van der Waals surface area contributed by atoms with E-state index in [-0.39, 0.29) is 12.2 Å². The van der Waals surface area contributed by atoms with Gasteiger partial charge in [0, 0.05) is 22.6 Å². The Labute approximate surface area is 137 Å². The third-order valence-electron chi connectivity index (χ3n) is 2.97. The molecule has 0 saturated carbocycles. The molecular formula is C16H10Cl3NO. The fourth-order valence-corrected chi connectivity index (χ4v) is 2.53. The van der Waals surface area contributed by atoms with E-state index in [2.05, 4.69) is 0 Å². The summed E-state index contributed by atoms with van der Waals surface area (Å²) in [5.74, 6) is -0.236. The molecule has 1 unspecified atom stereocenters. The van der Waals surface area contributed by atoms with Crippen molar-refractivity contribution in [1.82, 2.24) is 0 Å². The Balaban J connectivity index is 2.47. The number of carbonyl (C=O) groups is 1. The van der Waals surface area contributed by atoms with Crippen LogP contribution in [0.5, 0.6) is 0 Å². The van der Waals surface area contributed by atoms with E-state index in [4.69, 9.17) is 40.1 Å². The summed E-state index contributed by atoms with van der Waals surface area (Å²) >= 11 is 17.9. The van der Waals surface area contributed by atoms with Crippen molar-refractivity contribution >= 4 is 40.6 Å². The van der Waals surface area contributed by atoms with Crippen molar-refractivity contribution in [3.8, 4) is 6.07 Å². The second kappa shape index (κ2) is 6.95. The van der Waals surface area contributed by atoms with Crippen LogP contribution < -0.4 is 0 Å². The van der Waals surface area contributed by atoms with Gasteiger partial charge in [0.2, 0.25) is 0 Å². The number of benzene rings is 2. The van der Waals surface area contributed by atoms with E-state index in [0.717, 1.165) is 0 Å². The molecule has 0 aliphatic rings. The summed E-state index contributed by atoms with van der Waals surface area (Å²) in [7, 11) is 0. The maximum absolute atomic E-state index is 12.6. The fourth-order valence-electron chi connectivity index (χ4n) is 1.97. The molecule has 21 heavy (non-hydrogen) atoms. The summed E-state index contributed by atoms with van der Waals surface area (Å²) in [6.45, 7) is 0. The van der Waals surface area contributed by atoms with E-state index >= 15 is 0 Å². The first-order chi connectivity index (χ1) is 10.0. The van der Waals surface area contributed by atoms with Gasteiger partial charge in [-0.15, -0.1) is 11.6 Å². The number of carbonyl (C=O) groups excluding carboxylic acids is 1. The van der Waals surface area contributed by atoms with Crippen LogP contribution >= 0.6 is 34.8 Å². The van der Waals surface area contributed by atoms with Gasteiger partial charge in [0.1, 0.15) is 5.38 Å². The van der Waals surface area contributed by atoms with Crippen LogP contribution in [0.2, 0.25) is 10.0 Å². The van der Waals surface area contributed by atoms with Crippen molar-refractivity contribution in [1.29, 1.82) is 5.26 Å². The van der Waals surface area contributed by atoms with Gasteiger partial charge in [-0.2, -0.15) is 5.26 Å². The quantitative estimate of drug-likeness (QED) is 0.588. The van der Waals surface area contributed by atoms with Gasteiger partial charge in [0.25, 0.3) is 0 Å². The van der Waals surface area contributed by atoms with Crippen LogP contribution in [0.4, 0.5) is 0 Å². The van der Waals surface area contributed by atoms with Crippen LogP contribution in [-0.4, -0.2) is 11.2 Å². The Hall–Kier alpha value is -1.53. The molecule has 0 spiro atoms. The third kappa shape index (κ3) is 3.77. The molecule has 2 aromatic rings. The van der Waals surface area contributed by atoms with Gasteiger partial charge in [0.15, 0.2) is 5.78 Å². The molecule has 0 fully saturated rings. The van der Waals surface area contributed by atoms with Crippen LogP contribution in [-0.2, 0) is 6.42 Å². The zero-order chi connectivity index (χ0) is 15.4. The molecular weight excluding hydrogens is 329 g/mol. The largest absolute Gasteiger partial charge is 0.289 e. The summed E-state index contributed by atoms with van der Waals surface area (Å²) in [4.78, 5) is 12.6. The highest BCUT2D eigenvalue weighted by atomic mass is 35.5. The molecule has 0 bridgehead atoms. The van der Waals surface area contributed by atoms with E-state index < -0.39 is 5.38 Å². The van der Waals surface area contributed by atoms with Crippen molar-refractivity contribution in [2.24, 2.45) is 0 Å². The average Bonchev–Trinajstić information content (AvgIpc) is 2.48. The summed E-state index contributed by atoms with van der Waals surface area (Å²) in [5.41, 5.74) is 1.48. The summed E-state index contributed by atoms with van der Waals surface area (Å²) in [6, 6.07) is 13.7. The summed E-state index contributed by atoms with van der Waals surface area (Å²) < 4.78 is 0. The second-order valence-corrected chi connectivity index (χ2v) is 5.78.